The summed E-state index contributed by atoms with van der Waals surface area (Å²) in [6, 6.07) is 31.8. The average Bonchev–Trinajstić information content (AvgIpc) is 4.41. The molecule has 15 nitrogen and oxygen atoms in total. The van der Waals surface area contributed by atoms with Crippen molar-refractivity contribution in [1.29, 1.82) is 0 Å². The number of carbonyl (C=O) groups is 1. The first-order chi connectivity index (χ1) is 40.5. The fraction of sp³-hybridized carbons (Fsp3) is 0.448. The summed E-state index contributed by atoms with van der Waals surface area (Å²) < 4.78 is 22.8. The van der Waals surface area contributed by atoms with Gasteiger partial charge in [-0.3, -0.25) is 14.8 Å². The summed E-state index contributed by atoms with van der Waals surface area (Å²) in [6.45, 7) is 25.1. The van der Waals surface area contributed by atoms with Crippen LogP contribution in [0.15, 0.2) is 116 Å². The van der Waals surface area contributed by atoms with Gasteiger partial charge in [-0.25, -0.2) is 9.97 Å². The number of pyridine rings is 2. The van der Waals surface area contributed by atoms with Crippen molar-refractivity contribution in [2.75, 3.05) is 43.9 Å². The number of nitrogen functional groups attached to an aromatic ring is 1. The smallest absolute Gasteiger partial charge is 0.165 e. The second kappa shape index (κ2) is 25.4. The first-order valence-electron chi connectivity index (χ1n) is 30.6. The van der Waals surface area contributed by atoms with Crippen molar-refractivity contribution in [3.05, 3.63) is 139 Å². The number of piperidine rings is 1. The van der Waals surface area contributed by atoms with Crippen LogP contribution in [0.3, 0.4) is 0 Å². The number of carbonyl (C=O) groups excluding carboxylic acids is 1. The van der Waals surface area contributed by atoms with Crippen LogP contribution >= 0.6 is 0 Å². The Bertz CT molecular complexity index is 3530. The van der Waals surface area contributed by atoms with Gasteiger partial charge in [0, 0.05) is 99.1 Å². The first kappa shape index (κ1) is 58.9. The molecule has 6 aromatic heterocycles. The van der Waals surface area contributed by atoms with Crippen LogP contribution in [0.25, 0.3) is 61.8 Å². The van der Waals surface area contributed by atoms with E-state index in [1.165, 1.54) is 32.1 Å². The number of hydrogen-bond donors (Lipinski definition) is 2. The molecule has 4 bridgehead atoms. The zero-order chi connectivity index (χ0) is 58.7. The van der Waals surface area contributed by atoms with Crippen LogP contribution in [-0.4, -0.2) is 106 Å². The van der Waals surface area contributed by atoms with Crippen LogP contribution in [0.2, 0.25) is 51.4 Å². The molecule has 2 aliphatic heterocycles. The molecule has 0 amide bonds. The standard InChI is InChI=1S/C41H59N5O3Si2.C26H26N6O/c1-9-49-30(2)38-39(35-24-31-15-16-32(23-31)25-35)44-40-36(34-17-18-37(42-26-34)33-13-11-10-12-14-33)27-43-46(40)41(38)45(28-47-19-21-50(3,4)5)29-48-20-22-51(6,7)8;1-15(33)23-24(18-11-19-8-9-20(12-18)30-19)31-26-21(14-29-32(26)25(23)27)17-7-10-22(28-13-17)16-5-3-2-4-6-16/h10-14,17-18,26-27,31-32,35H,2,9,15-16,19-25,28-29H2,1,3-8H3;2-7,10,13-14,18-20,30H,8-9,11-12,27H2,1H3. The molecule has 3 N–H and O–H groups in total. The maximum Gasteiger partial charge on any atom is 0.165 e. The number of ketones is 1. The van der Waals surface area contributed by atoms with E-state index in [2.05, 4.69) is 90.4 Å². The minimum absolute atomic E-state index is 0.0614. The summed E-state index contributed by atoms with van der Waals surface area (Å²) in [7, 11) is -2.56. The SMILES string of the molecule is C=C(OCC)c1c(C2CC3CCC(C3)C2)nc2c(-c3ccc(-c4ccccc4)nc3)cnn2c1N(COCC[Si](C)(C)C)COCC[Si](C)(C)C.CC(=O)c1c(C2CC3CCC(C2)N3)nc2c(-c3ccc(-c4ccccc4)nc3)cnn2c1N. The summed E-state index contributed by atoms with van der Waals surface area (Å²) in [5.41, 5.74) is 19.1. The molecule has 4 atom stereocenters. The number of aromatic nitrogens is 8. The third kappa shape index (κ3) is 13.3. The number of nitrogens with zero attached hydrogens (tertiary/aromatic N) is 9. The lowest BCUT2D eigenvalue weighted by Crippen LogP contribution is -2.38. The van der Waals surface area contributed by atoms with E-state index in [1.54, 1.807) is 17.6 Å². The molecule has 17 heteroatoms. The number of fused-ring (bicyclic) bond motifs is 6. The van der Waals surface area contributed by atoms with Gasteiger partial charge in [-0.1, -0.05) is 131 Å². The average molecular weight is 1160 g/mol. The van der Waals surface area contributed by atoms with Gasteiger partial charge >= 0.3 is 0 Å². The molecule has 440 valence electrons. The van der Waals surface area contributed by atoms with E-state index in [-0.39, 0.29) is 11.7 Å². The van der Waals surface area contributed by atoms with Crippen LogP contribution in [0.5, 0.6) is 0 Å². The predicted octanol–water partition coefficient (Wildman–Crippen LogP) is 14.4. The Hall–Kier alpha value is -6.90. The molecule has 2 saturated carbocycles. The summed E-state index contributed by atoms with van der Waals surface area (Å²) in [4.78, 5) is 34.9. The highest BCUT2D eigenvalue weighted by Crippen LogP contribution is 2.50. The molecule has 8 aromatic rings. The van der Waals surface area contributed by atoms with E-state index >= 15 is 0 Å². The summed E-state index contributed by atoms with van der Waals surface area (Å²) in [5.74, 6) is 3.85. The third-order valence-corrected chi connectivity index (χ3v) is 20.9. The second-order valence-corrected chi connectivity index (χ2v) is 37.5. The molecular weight excluding hydrogens is 1080 g/mol. The fourth-order valence-corrected chi connectivity index (χ4v) is 14.6. The van der Waals surface area contributed by atoms with Gasteiger partial charge in [0.1, 0.15) is 30.9 Å². The molecule has 84 heavy (non-hydrogen) atoms. The quantitative estimate of drug-likeness (QED) is 0.0229. The molecule has 4 aliphatic rings. The molecule has 4 unspecified atom stereocenters. The normalized spacial score (nSPS) is 20.2. The van der Waals surface area contributed by atoms with Gasteiger partial charge in [0.2, 0.25) is 0 Å². The molecule has 2 aliphatic carbocycles. The Morgan fingerprint density at radius 1 is 0.631 bits per heavy atom. The number of nitrogens with one attached hydrogen (secondary N) is 1. The number of Topliss-reactive ketones (excluding diaryl/α,β-unsaturated/α-hetero) is 1. The Labute approximate surface area is 497 Å². The van der Waals surface area contributed by atoms with Crippen molar-refractivity contribution in [3.8, 4) is 44.8 Å². The largest absolute Gasteiger partial charge is 0.494 e. The molecule has 4 fully saturated rings. The molecule has 2 saturated heterocycles. The Morgan fingerprint density at radius 3 is 1.60 bits per heavy atom. The van der Waals surface area contributed by atoms with Gasteiger partial charge in [-0.2, -0.15) is 19.2 Å². The maximum atomic E-state index is 12.6. The van der Waals surface area contributed by atoms with Crippen LogP contribution in [-0.2, 0) is 14.2 Å². The molecule has 2 aromatic carbocycles. The zero-order valence-electron chi connectivity index (χ0n) is 50.6. The Balaban J connectivity index is 0.000000191. The van der Waals surface area contributed by atoms with Crippen LogP contribution in [0, 0.1) is 11.8 Å². The van der Waals surface area contributed by atoms with E-state index in [1.807, 2.05) is 90.7 Å². The van der Waals surface area contributed by atoms with E-state index in [9.17, 15) is 4.79 Å². The summed E-state index contributed by atoms with van der Waals surface area (Å²) >= 11 is 0. The zero-order valence-corrected chi connectivity index (χ0v) is 52.6. The van der Waals surface area contributed by atoms with Gasteiger partial charge in [0.25, 0.3) is 0 Å². The lowest BCUT2D eigenvalue weighted by molar-refractivity contribution is 0.0940. The van der Waals surface area contributed by atoms with Crippen molar-refractivity contribution in [3.63, 3.8) is 0 Å². The number of anilines is 2. The summed E-state index contributed by atoms with van der Waals surface area (Å²) in [5, 5.41) is 13.2. The van der Waals surface area contributed by atoms with Crippen molar-refractivity contribution in [1.82, 2.24) is 44.5 Å². The van der Waals surface area contributed by atoms with Gasteiger partial charge in [0.05, 0.1) is 52.9 Å². The molecular formula is C67H85N11O4Si2. The van der Waals surface area contributed by atoms with Gasteiger partial charge in [0.15, 0.2) is 17.1 Å². The minimum Gasteiger partial charge on any atom is -0.494 e. The monoisotopic (exact) mass is 1160 g/mol. The fourth-order valence-electron chi connectivity index (χ4n) is 13.1. The van der Waals surface area contributed by atoms with Crippen LogP contribution < -0.4 is 16.0 Å². The number of ether oxygens (including phenoxy) is 3. The first-order valence-corrected chi connectivity index (χ1v) is 38.0. The van der Waals surface area contributed by atoms with E-state index in [4.69, 9.17) is 40.0 Å². The van der Waals surface area contributed by atoms with Gasteiger partial charge in [-0.15, -0.1) is 0 Å². The van der Waals surface area contributed by atoms with Gasteiger partial charge < -0.3 is 30.2 Å². The summed E-state index contributed by atoms with van der Waals surface area (Å²) in [6.07, 6.45) is 18.1. The van der Waals surface area contributed by atoms with Crippen molar-refractivity contribution >= 4 is 50.6 Å². The lowest BCUT2D eigenvalue weighted by Gasteiger charge is -2.33. The van der Waals surface area contributed by atoms with Crippen molar-refractivity contribution in [2.45, 2.75) is 147 Å². The maximum absolute atomic E-state index is 12.6. The highest BCUT2D eigenvalue weighted by molar-refractivity contribution is 6.76. The van der Waals surface area contributed by atoms with Gasteiger partial charge in [-0.05, 0) is 94.8 Å². The molecule has 0 spiro atoms. The highest BCUT2D eigenvalue weighted by Gasteiger charge is 2.40. The predicted molar refractivity (Wildman–Crippen MR) is 344 cm³/mol. The lowest BCUT2D eigenvalue weighted by atomic mass is 9.78. The highest BCUT2D eigenvalue weighted by atomic mass is 28.3. The number of benzene rings is 2. The number of rotatable bonds is 21. The van der Waals surface area contributed by atoms with Crippen LogP contribution in [0.1, 0.15) is 111 Å². The van der Waals surface area contributed by atoms with E-state index in [0.29, 0.717) is 74.1 Å². The van der Waals surface area contributed by atoms with Crippen molar-refractivity contribution in [2.24, 2.45) is 11.8 Å². The number of hydrogen-bond acceptors (Lipinski definition) is 13. The number of nitrogens with two attached hydrogens (primary N) is 1. The second-order valence-electron chi connectivity index (χ2n) is 26.3. The van der Waals surface area contributed by atoms with Crippen LogP contribution in [0.4, 0.5) is 11.6 Å². The Morgan fingerprint density at radius 2 is 1.12 bits per heavy atom. The van der Waals surface area contributed by atoms with Crippen molar-refractivity contribution < 1.29 is 19.0 Å². The molecule has 12 rings (SSSR count). The topological polar surface area (TPSA) is 172 Å². The third-order valence-electron chi connectivity index (χ3n) is 17.5. The molecule has 8 heterocycles. The minimum atomic E-state index is -1.28. The van der Waals surface area contributed by atoms with E-state index < -0.39 is 16.1 Å². The Kier molecular flexibility index (Phi) is 17.8. The molecule has 0 radical (unpaired) electrons. The van der Waals surface area contributed by atoms with E-state index in [0.717, 1.165) is 123 Å².